The SMILES string of the molecule is COc1c(Cl)ncn(C/C=C/c2ccccc2)c1=O. The maximum absolute atomic E-state index is 11.9. The molecule has 0 N–H and O–H groups in total. The quantitative estimate of drug-likeness (QED) is 0.807. The summed E-state index contributed by atoms with van der Waals surface area (Å²) < 4.78 is 6.36. The van der Waals surface area contributed by atoms with Gasteiger partial charge in [-0.3, -0.25) is 9.36 Å². The minimum atomic E-state index is -0.291. The van der Waals surface area contributed by atoms with Gasteiger partial charge in [0.1, 0.15) is 0 Å². The van der Waals surface area contributed by atoms with Crippen LogP contribution in [-0.2, 0) is 6.54 Å². The summed E-state index contributed by atoms with van der Waals surface area (Å²) in [6.07, 6.45) is 5.22. The standard InChI is InChI=1S/C14H13ClN2O2/c1-19-12-13(15)16-10-17(14(12)18)9-5-8-11-6-3-2-4-7-11/h2-8,10H,9H2,1H3/b8-5+. The van der Waals surface area contributed by atoms with E-state index in [1.807, 2.05) is 42.5 Å². The third kappa shape index (κ3) is 3.23. The predicted molar refractivity (Wildman–Crippen MR) is 75.5 cm³/mol. The molecule has 0 unspecified atom stereocenters. The van der Waals surface area contributed by atoms with Crippen molar-refractivity contribution in [3.8, 4) is 5.75 Å². The maximum Gasteiger partial charge on any atom is 0.297 e. The smallest absolute Gasteiger partial charge is 0.297 e. The van der Waals surface area contributed by atoms with Crippen LogP contribution in [0.4, 0.5) is 0 Å². The molecule has 0 aliphatic heterocycles. The average molecular weight is 277 g/mol. The first-order valence-corrected chi connectivity index (χ1v) is 6.10. The van der Waals surface area contributed by atoms with Crippen LogP contribution in [0.25, 0.3) is 6.08 Å². The van der Waals surface area contributed by atoms with Gasteiger partial charge in [-0.2, -0.15) is 0 Å². The summed E-state index contributed by atoms with van der Waals surface area (Å²) in [5.74, 6) is 0.0669. The van der Waals surface area contributed by atoms with Crippen molar-refractivity contribution in [1.82, 2.24) is 9.55 Å². The van der Waals surface area contributed by atoms with Gasteiger partial charge in [-0.25, -0.2) is 4.98 Å². The Morgan fingerprint density at radius 2 is 2.11 bits per heavy atom. The van der Waals surface area contributed by atoms with Crippen molar-refractivity contribution >= 4 is 17.7 Å². The maximum atomic E-state index is 11.9. The Labute approximate surface area is 115 Å². The molecule has 0 aliphatic carbocycles. The molecule has 1 heterocycles. The number of nitrogens with zero attached hydrogens (tertiary/aromatic N) is 2. The summed E-state index contributed by atoms with van der Waals surface area (Å²) in [4.78, 5) is 15.8. The van der Waals surface area contributed by atoms with Gasteiger partial charge in [0.25, 0.3) is 5.56 Å². The van der Waals surface area contributed by atoms with E-state index in [9.17, 15) is 4.79 Å². The highest BCUT2D eigenvalue weighted by atomic mass is 35.5. The van der Waals surface area contributed by atoms with Gasteiger partial charge in [0.05, 0.1) is 13.4 Å². The summed E-state index contributed by atoms with van der Waals surface area (Å²) >= 11 is 5.76. The van der Waals surface area contributed by atoms with Crippen molar-refractivity contribution in [2.45, 2.75) is 6.54 Å². The van der Waals surface area contributed by atoms with E-state index in [4.69, 9.17) is 16.3 Å². The lowest BCUT2D eigenvalue weighted by molar-refractivity contribution is 0.401. The number of ether oxygens (including phenoxy) is 1. The molecule has 0 atom stereocenters. The first-order valence-electron chi connectivity index (χ1n) is 5.73. The molecule has 2 aromatic rings. The van der Waals surface area contributed by atoms with E-state index in [-0.39, 0.29) is 16.5 Å². The summed E-state index contributed by atoms with van der Waals surface area (Å²) in [7, 11) is 1.40. The first kappa shape index (κ1) is 13.4. The van der Waals surface area contributed by atoms with Crippen LogP contribution in [0.5, 0.6) is 5.75 Å². The highest BCUT2D eigenvalue weighted by Gasteiger charge is 2.08. The van der Waals surface area contributed by atoms with E-state index in [1.54, 1.807) is 0 Å². The fourth-order valence-electron chi connectivity index (χ4n) is 1.62. The van der Waals surface area contributed by atoms with Crippen LogP contribution in [0.15, 0.2) is 47.5 Å². The second-order valence-corrected chi connectivity index (χ2v) is 4.20. The van der Waals surface area contributed by atoms with Crippen molar-refractivity contribution in [3.05, 3.63) is 63.8 Å². The predicted octanol–water partition coefficient (Wildman–Crippen LogP) is 2.62. The molecule has 1 aromatic carbocycles. The van der Waals surface area contributed by atoms with Crippen LogP contribution in [0, 0.1) is 0 Å². The van der Waals surface area contributed by atoms with Crippen molar-refractivity contribution in [3.63, 3.8) is 0 Å². The number of rotatable bonds is 4. The molecule has 0 radical (unpaired) electrons. The summed E-state index contributed by atoms with van der Waals surface area (Å²) in [6.45, 7) is 0.411. The van der Waals surface area contributed by atoms with Gasteiger partial charge in [-0.05, 0) is 5.56 Å². The molecule has 4 nitrogen and oxygen atoms in total. The van der Waals surface area contributed by atoms with Crippen molar-refractivity contribution in [2.24, 2.45) is 0 Å². The molecule has 0 spiro atoms. The zero-order valence-electron chi connectivity index (χ0n) is 10.4. The average Bonchev–Trinajstić information content (AvgIpc) is 2.43. The monoisotopic (exact) mass is 276 g/mol. The van der Waals surface area contributed by atoms with Crippen LogP contribution in [-0.4, -0.2) is 16.7 Å². The minimum absolute atomic E-state index is 0.0669. The molecular formula is C14H13ClN2O2. The van der Waals surface area contributed by atoms with Gasteiger partial charge in [0.15, 0.2) is 5.15 Å². The van der Waals surface area contributed by atoms with Crippen LogP contribution < -0.4 is 10.3 Å². The minimum Gasteiger partial charge on any atom is -0.489 e. The number of halogens is 1. The highest BCUT2D eigenvalue weighted by Crippen LogP contribution is 2.14. The third-order valence-corrected chi connectivity index (χ3v) is 2.84. The fourth-order valence-corrected chi connectivity index (χ4v) is 1.82. The molecule has 0 aliphatic rings. The van der Waals surface area contributed by atoms with E-state index in [0.717, 1.165) is 5.56 Å². The number of hydrogen-bond donors (Lipinski definition) is 0. The molecule has 0 saturated heterocycles. The van der Waals surface area contributed by atoms with Crippen LogP contribution >= 0.6 is 11.6 Å². The highest BCUT2D eigenvalue weighted by molar-refractivity contribution is 6.30. The molecule has 98 valence electrons. The van der Waals surface area contributed by atoms with E-state index in [0.29, 0.717) is 6.54 Å². The van der Waals surface area contributed by atoms with Crippen molar-refractivity contribution in [2.75, 3.05) is 7.11 Å². The Balaban J connectivity index is 2.17. The lowest BCUT2D eigenvalue weighted by atomic mass is 10.2. The van der Waals surface area contributed by atoms with Gasteiger partial charge in [-0.1, -0.05) is 54.1 Å². The molecule has 2 rings (SSSR count). The lowest BCUT2D eigenvalue weighted by Gasteiger charge is -2.05. The van der Waals surface area contributed by atoms with Gasteiger partial charge < -0.3 is 4.74 Å². The van der Waals surface area contributed by atoms with Crippen LogP contribution in [0.2, 0.25) is 5.15 Å². The Kier molecular flexibility index (Phi) is 4.36. The molecule has 0 fully saturated rings. The van der Waals surface area contributed by atoms with Crippen molar-refractivity contribution < 1.29 is 4.74 Å². The molecule has 5 heteroatoms. The van der Waals surface area contributed by atoms with E-state index in [2.05, 4.69) is 4.98 Å². The summed E-state index contributed by atoms with van der Waals surface area (Å²) in [5.41, 5.74) is 0.782. The Hall–Kier alpha value is -2.07. The lowest BCUT2D eigenvalue weighted by Crippen LogP contribution is -2.21. The molecular weight excluding hydrogens is 264 g/mol. The molecule has 19 heavy (non-hydrogen) atoms. The Morgan fingerprint density at radius 1 is 1.37 bits per heavy atom. The fraction of sp³-hybridized carbons (Fsp3) is 0.143. The molecule has 0 saturated carbocycles. The zero-order valence-corrected chi connectivity index (χ0v) is 11.2. The Morgan fingerprint density at radius 3 is 2.79 bits per heavy atom. The van der Waals surface area contributed by atoms with E-state index in [1.165, 1.54) is 18.0 Å². The van der Waals surface area contributed by atoms with Gasteiger partial charge in [0, 0.05) is 6.54 Å². The van der Waals surface area contributed by atoms with Crippen LogP contribution in [0.3, 0.4) is 0 Å². The van der Waals surface area contributed by atoms with Crippen LogP contribution in [0.1, 0.15) is 5.56 Å². The number of methoxy groups -OCH3 is 1. The second kappa shape index (κ2) is 6.20. The first-order chi connectivity index (χ1) is 9.22. The largest absolute Gasteiger partial charge is 0.489 e. The number of allylic oxidation sites excluding steroid dienone is 1. The topological polar surface area (TPSA) is 44.1 Å². The Bertz CT molecular complexity index is 636. The molecule has 0 bridgehead atoms. The van der Waals surface area contributed by atoms with Gasteiger partial charge in [0.2, 0.25) is 5.75 Å². The van der Waals surface area contributed by atoms with E-state index < -0.39 is 0 Å². The number of benzene rings is 1. The third-order valence-electron chi connectivity index (χ3n) is 2.57. The van der Waals surface area contributed by atoms with E-state index >= 15 is 0 Å². The second-order valence-electron chi connectivity index (χ2n) is 3.84. The van der Waals surface area contributed by atoms with Gasteiger partial charge in [-0.15, -0.1) is 0 Å². The normalized spacial score (nSPS) is 10.8. The number of hydrogen-bond acceptors (Lipinski definition) is 3. The van der Waals surface area contributed by atoms with Gasteiger partial charge >= 0.3 is 0 Å². The number of aromatic nitrogens is 2. The molecule has 0 amide bonds. The van der Waals surface area contributed by atoms with Crippen molar-refractivity contribution in [1.29, 1.82) is 0 Å². The summed E-state index contributed by atoms with van der Waals surface area (Å²) in [6, 6.07) is 9.84. The molecule has 1 aromatic heterocycles. The summed E-state index contributed by atoms with van der Waals surface area (Å²) in [5, 5.41) is 0.0794. The zero-order chi connectivity index (χ0) is 13.7.